The Hall–Kier alpha value is -0.220. The molecule has 0 aromatic rings. The first-order valence-electron chi connectivity index (χ1n) is 8.40. The van der Waals surface area contributed by atoms with E-state index in [0.717, 1.165) is 36.4 Å². The van der Waals surface area contributed by atoms with Gasteiger partial charge in [0.2, 0.25) is 0 Å². The van der Waals surface area contributed by atoms with Crippen LogP contribution in [0.1, 0.15) is 52.9 Å². The van der Waals surface area contributed by atoms with E-state index in [1.54, 1.807) is 0 Å². The smallest absolute Gasteiger partial charge is 0.304 e. The van der Waals surface area contributed by atoms with Crippen LogP contribution in [0.15, 0.2) is 0 Å². The number of carboxylic acid groups (broad SMARTS) is 1. The van der Waals surface area contributed by atoms with Crippen molar-refractivity contribution in [2.24, 2.45) is 17.3 Å². The van der Waals surface area contributed by atoms with Crippen molar-refractivity contribution in [2.75, 3.05) is 24.6 Å². The van der Waals surface area contributed by atoms with Gasteiger partial charge in [-0.3, -0.25) is 9.69 Å². The van der Waals surface area contributed by atoms with E-state index in [1.807, 2.05) is 11.8 Å². The molecule has 2 aliphatic rings. The number of nitrogens with zero attached hydrogens (tertiary/aromatic N) is 1. The summed E-state index contributed by atoms with van der Waals surface area (Å²) < 4.78 is 0. The largest absolute Gasteiger partial charge is 0.481 e. The van der Waals surface area contributed by atoms with Gasteiger partial charge in [0, 0.05) is 30.6 Å². The van der Waals surface area contributed by atoms with Gasteiger partial charge in [-0.25, -0.2) is 0 Å². The van der Waals surface area contributed by atoms with E-state index in [2.05, 4.69) is 25.7 Å². The highest BCUT2D eigenvalue weighted by Gasteiger charge is 2.32. The van der Waals surface area contributed by atoms with Gasteiger partial charge >= 0.3 is 5.97 Å². The van der Waals surface area contributed by atoms with Gasteiger partial charge in [-0.05, 0) is 42.9 Å². The number of carbonyl (C=O) groups is 1. The summed E-state index contributed by atoms with van der Waals surface area (Å²) in [6.07, 6.45) is 5.65. The molecule has 1 N–H and O–H groups in total. The summed E-state index contributed by atoms with van der Waals surface area (Å²) in [5, 5.41) is 9.08. The third-order valence-corrected chi connectivity index (χ3v) is 6.42. The second-order valence-corrected chi connectivity index (χ2v) is 9.06. The van der Waals surface area contributed by atoms with Crippen LogP contribution in [0.3, 0.4) is 0 Å². The highest BCUT2D eigenvalue weighted by Crippen LogP contribution is 2.40. The lowest BCUT2D eigenvalue weighted by Crippen LogP contribution is -2.46. The maximum Gasteiger partial charge on any atom is 0.304 e. The molecule has 2 fully saturated rings. The quantitative estimate of drug-likeness (QED) is 0.858. The third kappa shape index (κ3) is 5.17. The Morgan fingerprint density at radius 1 is 1.24 bits per heavy atom. The van der Waals surface area contributed by atoms with Crippen molar-refractivity contribution < 1.29 is 9.90 Å². The predicted octanol–water partition coefficient (Wildman–Crippen LogP) is 3.73. The van der Waals surface area contributed by atoms with E-state index in [0.29, 0.717) is 11.8 Å². The Labute approximate surface area is 133 Å². The van der Waals surface area contributed by atoms with Gasteiger partial charge in [0.1, 0.15) is 0 Å². The molecule has 122 valence electrons. The number of aliphatic carboxylic acids is 1. The maximum absolute atomic E-state index is 11.0. The van der Waals surface area contributed by atoms with E-state index >= 15 is 0 Å². The van der Waals surface area contributed by atoms with Crippen molar-refractivity contribution in [2.45, 2.75) is 58.9 Å². The zero-order valence-corrected chi connectivity index (χ0v) is 14.6. The summed E-state index contributed by atoms with van der Waals surface area (Å²) >= 11 is 1.91. The summed E-state index contributed by atoms with van der Waals surface area (Å²) in [5.74, 6) is 3.14. The first kappa shape index (κ1) is 17.1. The van der Waals surface area contributed by atoms with Crippen molar-refractivity contribution in [3.63, 3.8) is 0 Å². The predicted molar refractivity (Wildman–Crippen MR) is 89.8 cm³/mol. The molecule has 0 radical (unpaired) electrons. The SMILES string of the molecule is CC(C)(C)C1CCC(CN2CCSCC2CC(=O)O)CC1. The van der Waals surface area contributed by atoms with Crippen molar-refractivity contribution in [1.82, 2.24) is 4.90 Å². The topological polar surface area (TPSA) is 40.5 Å². The first-order valence-corrected chi connectivity index (χ1v) is 9.55. The molecule has 0 amide bonds. The fourth-order valence-electron chi connectivity index (χ4n) is 3.86. The zero-order chi connectivity index (χ0) is 15.5. The van der Waals surface area contributed by atoms with Crippen LogP contribution in [-0.4, -0.2) is 46.6 Å². The molecule has 21 heavy (non-hydrogen) atoms. The molecule has 0 aromatic heterocycles. The molecule has 1 saturated carbocycles. The first-order chi connectivity index (χ1) is 9.86. The van der Waals surface area contributed by atoms with Crippen LogP contribution in [-0.2, 0) is 4.79 Å². The lowest BCUT2D eigenvalue weighted by Gasteiger charge is -2.41. The molecule has 1 heterocycles. The monoisotopic (exact) mass is 313 g/mol. The van der Waals surface area contributed by atoms with Crippen LogP contribution >= 0.6 is 11.8 Å². The van der Waals surface area contributed by atoms with E-state index in [9.17, 15) is 4.79 Å². The minimum Gasteiger partial charge on any atom is -0.481 e. The summed E-state index contributed by atoms with van der Waals surface area (Å²) in [4.78, 5) is 13.5. The van der Waals surface area contributed by atoms with Crippen molar-refractivity contribution >= 4 is 17.7 Å². The highest BCUT2D eigenvalue weighted by molar-refractivity contribution is 7.99. The van der Waals surface area contributed by atoms with Gasteiger partial charge in [0.15, 0.2) is 0 Å². The molecule has 3 nitrogen and oxygen atoms in total. The molecule has 4 heteroatoms. The summed E-state index contributed by atoms with van der Waals surface area (Å²) in [6, 6.07) is 0.251. The second kappa shape index (κ2) is 7.36. The van der Waals surface area contributed by atoms with Crippen LogP contribution in [0, 0.1) is 17.3 Å². The van der Waals surface area contributed by atoms with Crippen LogP contribution in [0.25, 0.3) is 0 Å². The number of thioether (sulfide) groups is 1. The van der Waals surface area contributed by atoms with E-state index in [1.165, 1.54) is 25.7 Å². The van der Waals surface area contributed by atoms with Crippen molar-refractivity contribution in [3.05, 3.63) is 0 Å². The van der Waals surface area contributed by atoms with Gasteiger partial charge in [0.25, 0.3) is 0 Å². The molecule has 0 bridgehead atoms. The lowest BCUT2D eigenvalue weighted by atomic mass is 9.70. The average Bonchev–Trinajstić information content (AvgIpc) is 2.40. The average molecular weight is 314 g/mol. The minimum absolute atomic E-state index is 0.251. The highest BCUT2D eigenvalue weighted by atomic mass is 32.2. The van der Waals surface area contributed by atoms with Crippen LogP contribution in [0.4, 0.5) is 0 Å². The molecule has 2 rings (SSSR count). The minimum atomic E-state index is -0.649. The Bertz CT molecular complexity index is 345. The normalized spacial score (nSPS) is 32.0. The molecule has 1 atom stereocenters. The molecular weight excluding hydrogens is 282 g/mol. The number of hydrogen-bond acceptors (Lipinski definition) is 3. The summed E-state index contributed by atoms with van der Waals surface area (Å²) in [7, 11) is 0. The molecule has 1 saturated heterocycles. The van der Waals surface area contributed by atoms with Gasteiger partial charge < -0.3 is 5.11 Å². The molecular formula is C17H31NO2S. The molecule has 1 aliphatic carbocycles. The standard InChI is InChI=1S/C17H31NO2S/c1-17(2,3)14-6-4-13(5-7-14)11-18-8-9-21-12-15(18)10-16(19)20/h13-15H,4-12H2,1-3H3,(H,19,20). The number of rotatable bonds is 4. The van der Waals surface area contributed by atoms with Crippen molar-refractivity contribution in [3.8, 4) is 0 Å². The van der Waals surface area contributed by atoms with E-state index in [4.69, 9.17) is 5.11 Å². The zero-order valence-electron chi connectivity index (χ0n) is 13.8. The Morgan fingerprint density at radius 3 is 2.48 bits per heavy atom. The lowest BCUT2D eigenvalue weighted by molar-refractivity contribution is -0.138. The Kier molecular flexibility index (Phi) is 6.01. The number of carboxylic acids is 1. The molecule has 1 unspecified atom stereocenters. The maximum atomic E-state index is 11.0. The van der Waals surface area contributed by atoms with E-state index in [-0.39, 0.29) is 6.04 Å². The van der Waals surface area contributed by atoms with Crippen LogP contribution in [0.5, 0.6) is 0 Å². The van der Waals surface area contributed by atoms with Crippen molar-refractivity contribution in [1.29, 1.82) is 0 Å². The fraction of sp³-hybridized carbons (Fsp3) is 0.941. The summed E-state index contributed by atoms with van der Waals surface area (Å²) in [6.45, 7) is 9.28. The second-order valence-electron chi connectivity index (χ2n) is 7.91. The Morgan fingerprint density at radius 2 is 1.90 bits per heavy atom. The van der Waals surface area contributed by atoms with Crippen LogP contribution < -0.4 is 0 Å². The molecule has 0 spiro atoms. The van der Waals surface area contributed by atoms with Crippen LogP contribution in [0.2, 0.25) is 0 Å². The van der Waals surface area contributed by atoms with Gasteiger partial charge in [-0.2, -0.15) is 11.8 Å². The van der Waals surface area contributed by atoms with Gasteiger partial charge in [-0.15, -0.1) is 0 Å². The fourth-order valence-corrected chi connectivity index (χ4v) is 4.99. The number of hydrogen-bond donors (Lipinski definition) is 1. The van der Waals surface area contributed by atoms with Gasteiger partial charge in [0.05, 0.1) is 6.42 Å². The van der Waals surface area contributed by atoms with Gasteiger partial charge in [-0.1, -0.05) is 20.8 Å². The van der Waals surface area contributed by atoms with E-state index < -0.39 is 5.97 Å². The molecule has 0 aromatic carbocycles. The third-order valence-electron chi connectivity index (χ3n) is 5.32. The summed E-state index contributed by atoms with van der Waals surface area (Å²) in [5.41, 5.74) is 0.443. The molecule has 1 aliphatic heterocycles. The Balaban J connectivity index is 1.82.